The van der Waals surface area contributed by atoms with Crippen molar-refractivity contribution < 1.29 is 14.2 Å². The van der Waals surface area contributed by atoms with Crippen LogP contribution in [-0.2, 0) is 0 Å². The summed E-state index contributed by atoms with van der Waals surface area (Å²) in [7, 11) is 0. The molecule has 0 aliphatic rings. The minimum absolute atomic E-state index is 0.710. The fourth-order valence-electron chi connectivity index (χ4n) is 3.32. The molecule has 0 aromatic heterocycles. The Kier molecular flexibility index (Phi) is 9.36. The Hall–Kier alpha value is -2.38. The molecule has 3 rings (SSSR count). The van der Waals surface area contributed by atoms with Gasteiger partial charge in [-0.25, -0.2) is 0 Å². The summed E-state index contributed by atoms with van der Waals surface area (Å²) in [4.78, 5) is 0. The minimum atomic E-state index is -2.02. The summed E-state index contributed by atoms with van der Waals surface area (Å²) in [5, 5.41) is 0. The molecule has 0 unspecified atom stereocenters. The molecule has 0 atom stereocenters. The van der Waals surface area contributed by atoms with Crippen molar-refractivity contribution in [1.82, 2.24) is 0 Å². The molecule has 3 aromatic carbocycles. The van der Waals surface area contributed by atoms with Crippen LogP contribution in [-0.4, -0.2) is 34.5 Å². The molecule has 164 valence electrons. The fourth-order valence-corrected chi connectivity index (χ4v) is 8.69. The predicted octanol–water partition coefficient (Wildman–Crippen LogP) is 4.57. The second-order valence-electron chi connectivity index (χ2n) is 7.28. The summed E-state index contributed by atoms with van der Waals surface area (Å²) in [5.41, 5.74) is 0. The molecule has 0 N–H and O–H groups in total. The zero-order valence-corrected chi connectivity index (χ0v) is 20.7. The van der Waals surface area contributed by atoms with Crippen LogP contribution < -0.4 is 27.3 Å². The molecular formula is C27H33AsO3. The van der Waals surface area contributed by atoms with E-state index >= 15 is 0 Å². The Bertz CT molecular complexity index is 819. The molecule has 3 aromatic rings. The Morgan fingerprint density at radius 1 is 0.484 bits per heavy atom. The summed E-state index contributed by atoms with van der Waals surface area (Å²) in [6, 6.07) is 25.4. The number of para-hydroxylation sites is 3. The van der Waals surface area contributed by atoms with E-state index in [4.69, 9.17) is 14.2 Å². The van der Waals surface area contributed by atoms with Gasteiger partial charge in [-0.3, -0.25) is 0 Å². The molecule has 0 fully saturated rings. The van der Waals surface area contributed by atoms with E-state index in [0.29, 0.717) is 19.8 Å². The van der Waals surface area contributed by atoms with Crippen LogP contribution in [0.5, 0.6) is 17.2 Å². The fraction of sp³-hybridized carbons (Fsp3) is 0.333. The van der Waals surface area contributed by atoms with Crippen molar-refractivity contribution >= 4 is 27.7 Å². The molecule has 31 heavy (non-hydrogen) atoms. The van der Waals surface area contributed by atoms with Crippen LogP contribution in [0.25, 0.3) is 0 Å². The van der Waals surface area contributed by atoms with Crippen LogP contribution in [0.1, 0.15) is 40.0 Å². The van der Waals surface area contributed by atoms with Gasteiger partial charge in [0, 0.05) is 0 Å². The summed E-state index contributed by atoms with van der Waals surface area (Å²) >= 11 is -2.02. The monoisotopic (exact) mass is 480 g/mol. The van der Waals surface area contributed by atoms with E-state index in [9.17, 15) is 0 Å². The summed E-state index contributed by atoms with van der Waals surface area (Å²) in [6.07, 6.45) is 2.94. The number of rotatable bonds is 12. The van der Waals surface area contributed by atoms with Gasteiger partial charge in [0.2, 0.25) is 0 Å². The topological polar surface area (TPSA) is 27.7 Å². The van der Waals surface area contributed by atoms with E-state index in [1.165, 1.54) is 13.1 Å². The number of benzene rings is 3. The van der Waals surface area contributed by atoms with Crippen LogP contribution in [0.2, 0.25) is 0 Å². The number of hydrogen-bond donors (Lipinski definition) is 0. The van der Waals surface area contributed by atoms with E-state index in [1.54, 1.807) is 0 Å². The van der Waals surface area contributed by atoms with E-state index in [1.807, 2.05) is 0 Å². The SMILES string of the molecule is CCCOc1ccccc1[As](c1ccccc1OCCC)c1ccccc1OCCC. The first-order chi connectivity index (χ1) is 15.3. The second-order valence-corrected chi connectivity index (χ2v) is 11.7. The Balaban J connectivity index is 2.18. The molecule has 0 heterocycles. The van der Waals surface area contributed by atoms with Crippen molar-refractivity contribution in [1.29, 1.82) is 0 Å². The molecule has 0 aliphatic carbocycles. The maximum absolute atomic E-state index is 6.21. The van der Waals surface area contributed by atoms with Crippen LogP contribution >= 0.6 is 0 Å². The van der Waals surface area contributed by atoms with Gasteiger partial charge in [0.05, 0.1) is 0 Å². The van der Waals surface area contributed by atoms with Crippen LogP contribution in [0, 0.1) is 0 Å². The van der Waals surface area contributed by atoms with Crippen molar-refractivity contribution in [3.63, 3.8) is 0 Å². The summed E-state index contributed by atoms with van der Waals surface area (Å²) in [6.45, 7) is 8.54. The van der Waals surface area contributed by atoms with E-state index in [2.05, 4.69) is 93.6 Å². The van der Waals surface area contributed by atoms with E-state index in [0.717, 1.165) is 36.5 Å². The van der Waals surface area contributed by atoms with Gasteiger partial charge < -0.3 is 0 Å². The van der Waals surface area contributed by atoms with Gasteiger partial charge in [-0.15, -0.1) is 0 Å². The second kappa shape index (κ2) is 12.5. The molecule has 0 spiro atoms. The van der Waals surface area contributed by atoms with Crippen molar-refractivity contribution in [2.75, 3.05) is 19.8 Å². The third-order valence-electron chi connectivity index (χ3n) is 4.70. The average Bonchev–Trinajstić information content (AvgIpc) is 2.82. The van der Waals surface area contributed by atoms with Crippen LogP contribution in [0.4, 0.5) is 0 Å². The molecule has 0 radical (unpaired) electrons. The van der Waals surface area contributed by atoms with Crippen molar-refractivity contribution in [2.45, 2.75) is 40.0 Å². The van der Waals surface area contributed by atoms with Gasteiger partial charge in [0.1, 0.15) is 0 Å². The quantitative estimate of drug-likeness (QED) is 0.356. The van der Waals surface area contributed by atoms with Gasteiger partial charge >= 0.3 is 192 Å². The van der Waals surface area contributed by atoms with Crippen molar-refractivity contribution in [3.8, 4) is 17.2 Å². The van der Waals surface area contributed by atoms with Gasteiger partial charge in [-0.05, 0) is 0 Å². The summed E-state index contributed by atoms with van der Waals surface area (Å²) < 4.78 is 22.4. The zero-order chi connectivity index (χ0) is 21.9. The third kappa shape index (κ3) is 6.08. The van der Waals surface area contributed by atoms with Crippen LogP contribution in [0.3, 0.4) is 0 Å². The third-order valence-corrected chi connectivity index (χ3v) is 10.1. The standard InChI is InChI=1S/C27H33AsO3/c1-4-19-29-25-16-10-7-13-22(25)28(23-14-8-11-17-26(23)30-20-5-2)24-15-9-12-18-27(24)31-21-6-3/h7-18H,4-6,19-21H2,1-3H3. The Labute approximate surface area is 191 Å². The van der Waals surface area contributed by atoms with Crippen molar-refractivity contribution in [3.05, 3.63) is 72.8 Å². The van der Waals surface area contributed by atoms with E-state index < -0.39 is 14.7 Å². The first-order valence-electron chi connectivity index (χ1n) is 11.3. The normalized spacial score (nSPS) is 10.8. The Morgan fingerprint density at radius 2 is 0.774 bits per heavy atom. The van der Waals surface area contributed by atoms with Crippen molar-refractivity contribution in [2.24, 2.45) is 0 Å². The number of hydrogen-bond acceptors (Lipinski definition) is 3. The molecule has 4 heteroatoms. The molecule has 3 nitrogen and oxygen atoms in total. The summed E-state index contributed by atoms with van der Waals surface area (Å²) in [5.74, 6) is 2.92. The first kappa shape index (κ1) is 23.3. The van der Waals surface area contributed by atoms with Gasteiger partial charge in [0.15, 0.2) is 0 Å². The molecule has 0 bridgehead atoms. The predicted molar refractivity (Wildman–Crippen MR) is 131 cm³/mol. The average molecular weight is 480 g/mol. The number of ether oxygens (including phenoxy) is 3. The molecule has 0 saturated carbocycles. The van der Waals surface area contributed by atoms with E-state index in [-0.39, 0.29) is 0 Å². The molecule has 0 aliphatic heterocycles. The van der Waals surface area contributed by atoms with Gasteiger partial charge in [-0.1, -0.05) is 0 Å². The van der Waals surface area contributed by atoms with Gasteiger partial charge in [0.25, 0.3) is 0 Å². The Morgan fingerprint density at radius 3 is 1.06 bits per heavy atom. The van der Waals surface area contributed by atoms with Gasteiger partial charge in [-0.2, -0.15) is 0 Å². The zero-order valence-electron chi connectivity index (χ0n) is 18.8. The molecule has 0 amide bonds. The first-order valence-corrected chi connectivity index (χ1v) is 14.1. The van der Waals surface area contributed by atoms with Crippen LogP contribution in [0.15, 0.2) is 72.8 Å². The maximum atomic E-state index is 6.21. The molecular weight excluding hydrogens is 447 g/mol. The molecule has 0 saturated heterocycles.